The number of rotatable bonds is 2. The summed E-state index contributed by atoms with van der Waals surface area (Å²) in [5.74, 6) is 0.0598. The number of carbonyl (C=O) groups is 1. The number of hydrogen-bond donors (Lipinski definition) is 3. The topological polar surface area (TPSA) is 56.9 Å². The van der Waals surface area contributed by atoms with Crippen molar-refractivity contribution >= 4 is 22.5 Å². The third-order valence-corrected chi connectivity index (χ3v) is 4.21. The lowest BCUT2D eigenvalue weighted by Crippen LogP contribution is -2.53. The van der Waals surface area contributed by atoms with E-state index in [2.05, 4.69) is 29.5 Å². The molecule has 1 saturated heterocycles. The van der Waals surface area contributed by atoms with Crippen LogP contribution in [0, 0.1) is 5.41 Å². The molecule has 106 valence electrons. The first-order chi connectivity index (χ1) is 9.56. The van der Waals surface area contributed by atoms with E-state index in [1.807, 2.05) is 30.5 Å². The molecule has 2 aromatic rings. The molecule has 0 aliphatic carbocycles. The van der Waals surface area contributed by atoms with Gasteiger partial charge in [-0.2, -0.15) is 0 Å². The first-order valence-corrected chi connectivity index (χ1v) is 7.18. The second-order valence-electron chi connectivity index (χ2n) is 6.25. The molecule has 0 spiro atoms. The molecule has 1 atom stereocenters. The number of carbonyl (C=O) groups excluding carboxylic acids is 1. The van der Waals surface area contributed by atoms with Crippen molar-refractivity contribution in [1.29, 1.82) is 0 Å². The second kappa shape index (κ2) is 4.94. The van der Waals surface area contributed by atoms with E-state index in [1.165, 1.54) is 0 Å². The van der Waals surface area contributed by atoms with E-state index in [0.717, 1.165) is 36.0 Å². The minimum absolute atomic E-state index is 0.000515. The number of benzene rings is 1. The second-order valence-corrected chi connectivity index (χ2v) is 6.25. The highest BCUT2D eigenvalue weighted by atomic mass is 16.2. The Morgan fingerprint density at radius 3 is 3.00 bits per heavy atom. The summed E-state index contributed by atoms with van der Waals surface area (Å²) >= 11 is 0. The van der Waals surface area contributed by atoms with E-state index >= 15 is 0 Å². The monoisotopic (exact) mass is 271 g/mol. The first kappa shape index (κ1) is 13.2. The number of H-pyrrole nitrogens is 1. The van der Waals surface area contributed by atoms with Crippen molar-refractivity contribution < 1.29 is 4.79 Å². The Kier molecular flexibility index (Phi) is 3.26. The van der Waals surface area contributed by atoms with Crippen molar-refractivity contribution in [3.05, 3.63) is 30.5 Å². The molecule has 1 fully saturated rings. The summed E-state index contributed by atoms with van der Waals surface area (Å²) < 4.78 is 0. The van der Waals surface area contributed by atoms with E-state index in [9.17, 15) is 4.79 Å². The third kappa shape index (κ3) is 2.43. The maximum Gasteiger partial charge on any atom is 0.242 e. The van der Waals surface area contributed by atoms with Gasteiger partial charge in [0, 0.05) is 22.8 Å². The minimum Gasteiger partial charge on any atom is -0.361 e. The average molecular weight is 271 g/mol. The molecule has 0 bridgehead atoms. The number of amides is 1. The molecule has 1 amide bonds. The van der Waals surface area contributed by atoms with Gasteiger partial charge in [0.15, 0.2) is 0 Å². The van der Waals surface area contributed by atoms with E-state index in [0.29, 0.717) is 0 Å². The van der Waals surface area contributed by atoms with Crippen LogP contribution in [0.1, 0.15) is 26.7 Å². The van der Waals surface area contributed by atoms with Crippen LogP contribution < -0.4 is 10.6 Å². The number of aromatic amines is 1. The lowest BCUT2D eigenvalue weighted by Gasteiger charge is -2.38. The zero-order chi connectivity index (χ0) is 14.2. The van der Waals surface area contributed by atoms with Crippen LogP contribution in [-0.4, -0.2) is 23.5 Å². The SMILES string of the molecule is CC1(C)CCCNC1C(=O)Nc1ccc2[nH]ccc2c1. The summed E-state index contributed by atoms with van der Waals surface area (Å²) in [6.45, 7) is 5.22. The van der Waals surface area contributed by atoms with Gasteiger partial charge in [0.1, 0.15) is 0 Å². The average Bonchev–Trinajstić information content (AvgIpc) is 2.85. The van der Waals surface area contributed by atoms with E-state index in [-0.39, 0.29) is 17.4 Å². The Labute approximate surface area is 118 Å². The van der Waals surface area contributed by atoms with Crippen LogP contribution >= 0.6 is 0 Å². The molecule has 3 rings (SSSR count). The Morgan fingerprint density at radius 1 is 1.35 bits per heavy atom. The molecule has 0 saturated carbocycles. The maximum atomic E-state index is 12.5. The number of nitrogens with one attached hydrogen (secondary N) is 3. The molecule has 4 heteroatoms. The zero-order valence-corrected chi connectivity index (χ0v) is 12.0. The minimum atomic E-state index is -0.127. The highest BCUT2D eigenvalue weighted by Gasteiger charge is 2.37. The van der Waals surface area contributed by atoms with Crippen LogP contribution in [0.2, 0.25) is 0 Å². The lowest BCUT2D eigenvalue weighted by molar-refractivity contribution is -0.121. The summed E-state index contributed by atoms with van der Waals surface area (Å²) in [5.41, 5.74) is 1.94. The number of piperidine rings is 1. The van der Waals surface area contributed by atoms with Gasteiger partial charge in [-0.25, -0.2) is 0 Å². The fraction of sp³-hybridized carbons (Fsp3) is 0.438. The van der Waals surface area contributed by atoms with Crippen LogP contribution in [0.4, 0.5) is 5.69 Å². The zero-order valence-electron chi connectivity index (χ0n) is 12.0. The molecule has 1 aliphatic rings. The molecule has 3 N–H and O–H groups in total. The Bertz CT molecular complexity index is 629. The van der Waals surface area contributed by atoms with Crippen molar-refractivity contribution in [3.63, 3.8) is 0 Å². The van der Waals surface area contributed by atoms with Gasteiger partial charge in [0.05, 0.1) is 6.04 Å². The predicted octanol–water partition coefficient (Wildman–Crippen LogP) is 2.88. The maximum absolute atomic E-state index is 12.5. The van der Waals surface area contributed by atoms with Gasteiger partial charge in [-0.15, -0.1) is 0 Å². The van der Waals surface area contributed by atoms with Crippen LogP contribution in [0.3, 0.4) is 0 Å². The smallest absolute Gasteiger partial charge is 0.242 e. The van der Waals surface area contributed by atoms with Gasteiger partial charge >= 0.3 is 0 Å². The predicted molar refractivity (Wildman–Crippen MR) is 81.7 cm³/mol. The van der Waals surface area contributed by atoms with Gasteiger partial charge in [0.2, 0.25) is 5.91 Å². The molecular formula is C16H21N3O. The molecule has 1 aliphatic heterocycles. The molecule has 1 aromatic carbocycles. The third-order valence-electron chi connectivity index (χ3n) is 4.21. The van der Waals surface area contributed by atoms with Crippen molar-refractivity contribution in [2.75, 3.05) is 11.9 Å². The Hall–Kier alpha value is -1.81. The largest absolute Gasteiger partial charge is 0.361 e. The van der Waals surface area contributed by atoms with Gasteiger partial charge in [-0.3, -0.25) is 4.79 Å². The molecule has 4 nitrogen and oxygen atoms in total. The molecule has 0 radical (unpaired) electrons. The normalized spacial score (nSPS) is 21.8. The number of hydrogen-bond acceptors (Lipinski definition) is 2. The van der Waals surface area contributed by atoms with Gasteiger partial charge in [0.25, 0.3) is 0 Å². The van der Waals surface area contributed by atoms with Crippen LogP contribution in [0.25, 0.3) is 10.9 Å². The Balaban J connectivity index is 1.77. The van der Waals surface area contributed by atoms with Gasteiger partial charge in [-0.1, -0.05) is 13.8 Å². The summed E-state index contributed by atoms with van der Waals surface area (Å²) in [6, 6.07) is 7.81. The molecule has 20 heavy (non-hydrogen) atoms. The quantitative estimate of drug-likeness (QED) is 0.786. The fourth-order valence-corrected chi connectivity index (χ4v) is 3.00. The summed E-state index contributed by atoms with van der Waals surface area (Å²) in [6.07, 6.45) is 4.11. The molecule has 2 heterocycles. The standard InChI is InChI=1S/C16H21N3O/c1-16(2)7-3-8-18-14(16)15(20)19-12-4-5-13-11(10-12)6-9-17-13/h4-6,9-10,14,17-18H,3,7-8H2,1-2H3,(H,19,20). The lowest BCUT2D eigenvalue weighted by atomic mass is 9.77. The van der Waals surface area contributed by atoms with E-state index in [1.54, 1.807) is 0 Å². The van der Waals surface area contributed by atoms with Crippen LogP contribution in [0.5, 0.6) is 0 Å². The van der Waals surface area contributed by atoms with Crippen LogP contribution in [0.15, 0.2) is 30.5 Å². The highest BCUT2D eigenvalue weighted by Crippen LogP contribution is 2.31. The highest BCUT2D eigenvalue weighted by molar-refractivity contribution is 5.97. The summed E-state index contributed by atoms with van der Waals surface area (Å²) in [7, 11) is 0. The first-order valence-electron chi connectivity index (χ1n) is 7.18. The number of anilines is 1. The molecule has 1 aromatic heterocycles. The number of fused-ring (bicyclic) bond motifs is 1. The van der Waals surface area contributed by atoms with Crippen LogP contribution in [-0.2, 0) is 4.79 Å². The Morgan fingerprint density at radius 2 is 2.20 bits per heavy atom. The van der Waals surface area contributed by atoms with Crippen molar-refractivity contribution in [2.24, 2.45) is 5.41 Å². The number of aromatic nitrogens is 1. The van der Waals surface area contributed by atoms with Gasteiger partial charge < -0.3 is 15.6 Å². The van der Waals surface area contributed by atoms with Crippen molar-refractivity contribution in [3.8, 4) is 0 Å². The fourth-order valence-electron chi connectivity index (χ4n) is 3.00. The van der Waals surface area contributed by atoms with E-state index < -0.39 is 0 Å². The molecular weight excluding hydrogens is 250 g/mol. The summed E-state index contributed by atoms with van der Waals surface area (Å²) in [5, 5.41) is 7.49. The van der Waals surface area contributed by atoms with Crippen molar-refractivity contribution in [2.45, 2.75) is 32.7 Å². The van der Waals surface area contributed by atoms with E-state index in [4.69, 9.17) is 0 Å². The van der Waals surface area contributed by atoms with Crippen molar-refractivity contribution in [1.82, 2.24) is 10.3 Å². The summed E-state index contributed by atoms with van der Waals surface area (Å²) in [4.78, 5) is 15.6. The molecule has 1 unspecified atom stereocenters. The van der Waals surface area contributed by atoms with Gasteiger partial charge in [-0.05, 0) is 49.1 Å².